The van der Waals surface area contributed by atoms with Crippen molar-refractivity contribution in [3.05, 3.63) is 0 Å². The lowest BCUT2D eigenvalue weighted by atomic mass is 10.2. The number of hydrogen-bond donors (Lipinski definition) is 2. The maximum Gasteiger partial charge on any atom is 0.222 e. The normalized spacial score (nSPS) is 20.8. The van der Waals surface area contributed by atoms with Crippen LogP contribution in [-0.2, 0) is 9.53 Å². The Bertz CT molecular complexity index is 149. The van der Waals surface area contributed by atoms with E-state index >= 15 is 0 Å². The molecule has 1 heterocycles. The molecule has 1 fully saturated rings. The number of nitrogens with one attached hydrogen (secondary N) is 2. The van der Waals surface area contributed by atoms with Gasteiger partial charge in [-0.3, -0.25) is 4.79 Å². The number of amides is 1. The molecule has 5 heteroatoms. The van der Waals surface area contributed by atoms with E-state index in [-0.39, 0.29) is 18.3 Å². The molecule has 0 spiro atoms. The monoisotopic (exact) mass is 208 g/mol. The SMILES string of the molecule is COCCC(=O)N[C@H]1CCNC1.Cl. The molecule has 1 saturated heterocycles. The zero-order chi connectivity index (χ0) is 8.81. The van der Waals surface area contributed by atoms with E-state index < -0.39 is 0 Å². The number of methoxy groups -OCH3 is 1. The highest BCUT2D eigenvalue weighted by Gasteiger charge is 2.15. The van der Waals surface area contributed by atoms with E-state index in [1.807, 2.05) is 0 Å². The standard InChI is InChI=1S/C8H16N2O2.ClH/c1-12-5-3-8(11)10-7-2-4-9-6-7;/h7,9H,2-6H2,1H3,(H,10,11);1H/t7-;/m0./s1. The molecular formula is C8H17ClN2O2. The molecule has 13 heavy (non-hydrogen) atoms. The van der Waals surface area contributed by atoms with Crippen LogP contribution in [0.5, 0.6) is 0 Å². The fourth-order valence-electron chi connectivity index (χ4n) is 1.27. The summed E-state index contributed by atoms with van der Waals surface area (Å²) in [6, 6.07) is 0.328. The van der Waals surface area contributed by atoms with Gasteiger partial charge in [-0.05, 0) is 13.0 Å². The summed E-state index contributed by atoms with van der Waals surface area (Å²) in [5, 5.41) is 6.12. The second-order valence-electron chi connectivity index (χ2n) is 3.00. The lowest BCUT2D eigenvalue weighted by molar-refractivity contribution is -0.122. The summed E-state index contributed by atoms with van der Waals surface area (Å²) in [7, 11) is 1.60. The molecule has 0 aliphatic carbocycles. The molecule has 1 aliphatic rings. The number of hydrogen-bond acceptors (Lipinski definition) is 3. The Morgan fingerprint density at radius 2 is 2.46 bits per heavy atom. The van der Waals surface area contributed by atoms with E-state index in [4.69, 9.17) is 4.74 Å². The van der Waals surface area contributed by atoms with Gasteiger partial charge >= 0.3 is 0 Å². The van der Waals surface area contributed by atoms with E-state index in [0.717, 1.165) is 19.5 Å². The highest BCUT2D eigenvalue weighted by Crippen LogP contribution is 1.97. The number of carbonyl (C=O) groups is 1. The Morgan fingerprint density at radius 1 is 1.69 bits per heavy atom. The van der Waals surface area contributed by atoms with Gasteiger partial charge in [-0.25, -0.2) is 0 Å². The van der Waals surface area contributed by atoms with Crippen LogP contribution in [0, 0.1) is 0 Å². The Labute approximate surface area is 84.8 Å². The van der Waals surface area contributed by atoms with Crippen LogP contribution < -0.4 is 10.6 Å². The van der Waals surface area contributed by atoms with Crippen LogP contribution in [0.3, 0.4) is 0 Å². The van der Waals surface area contributed by atoms with Gasteiger partial charge in [0.1, 0.15) is 0 Å². The summed E-state index contributed by atoms with van der Waals surface area (Å²) in [6.45, 7) is 2.42. The topological polar surface area (TPSA) is 50.4 Å². The molecular weight excluding hydrogens is 192 g/mol. The van der Waals surface area contributed by atoms with Crippen molar-refractivity contribution in [1.29, 1.82) is 0 Å². The summed E-state index contributed by atoms with van der Waals surface area (Å²) in [4.78, 5) is 11.1. The largest absolute Gasteiger partial charge is 0.384 e. The average Bonchev–Trinajstić information content (AvgIpc) is 2.53. The second-order valence-corrected chi connectivity index (χ2v) is 3.00. The third kappa shape index (κ3) is 5.08. The second kappa shape index (κ2) is 7.12. The number of carbonyl (C=O) groups excluding carboxylic acids is 1. The van der Waals surface area contributed by atoms with Crippen molar-refractivity contribution in [2.75, 3.05) is 26.8 Å². The van der Waals surface area contributed by atoms with Gasteiger partial charge in [0.05, 0.1) is 6.61 Å². The molecule has 0 aromatic carbocycles. The summed E-state index contributed by atoms with van der Waals surface area (Å²) in [6.07, 6.45) is 1.51. The van der Waals surface area contributed by atoms with Gasteiger partial charge in [0, 0.05) is 26.1 Å². The zero-order valence-electron chi connectivity index (χ0n) is 7.84. The van der Waals surface area contributed by atoms with E-state index in [0.29, 0.717) is 19.1 Å². The molecule has 78 valence electrons. The van der Waals surface area contributed by atoms with Crippen LogP contribution in [-0.4, -0.2) is 38.8 Å². The van der Waals surface area contributed by atoms with Crippen LogP contribution >= 0.6 is 12.4 Å². The summed E-state index contributed by atoms with van der Waals surface area (Å²) < 4.78 is 4.80. The van der Waals surface area contributed by atoms with Crippen LogP contribution in [0.2, 0.25) is 0 Å². The van der Waals surface area contributed by atoms with Gasteiger partial charge in [-0.1, -0.05) is 0 Å². The van der Waals surface area contributed by atoms with Crippen molar-refractivity contribution in [1.82, 2.24) is 10.6 Å². The zero-order valence-corrected chi connectivity index (χ0v) is 8.65. The number of halogens is 1. The fraction of sp³-hybridized carbons (Fsp3) is 0.875. The van der Waals surface area contributed by atoms with Gasteiger partial charge < -0.3 is 15.4 Å². The predicted octanol–water partition coefficient (Wildman–Crippen LogP) is -0.0772. The first-order chi connectivity index (χ1) is 5.83. The van der Waals surface area contributed by atoms with Crippen molar-refractivity contribution < 1.29 is 9.53 Å². The maximum atomic E-state index is 11.1. The van der Waals surface area contributed by atoms with E-state index in [9.17, 15) is 4.79 Å². The lowest BCUT2D eigenvalue weighted by Gasteiger charge is -2.10. The maximum absolute atomic E-state index is 11.1. The third-order valence-electron chi connectivity index (χ3n) is 1.96. The number of rotatable bonds is 4. The van der Waals surface area contributed by atoms with Gasteiger partial charge in [-0.15, -0.1) is 12.4 Å². The molecule has 0 unspecified atom stereocenters. The Morgan fingerprint density at radius 3 is 3.00 bits per heavy atom. The van der Waals surface area contributed by atoms with Crippen molar-refractivity contribution in [2.24, 2.45) is 0 Å². The summed E-state index contributed by atoms with van der Waals surface area (Å²) >= 11 is 0. The van der Waals surface area contributed by atoms with Crippen molar-refractivity contribution in [3.63, 3.8) is 0 Å². The van der Waals surface area contributed by atoms with E-state index in [1.54, 1.807) is 7.11 Å². The van der Waals surface area contributed by atoms with Gasteiger partial charge in [-0.2, -0.15) is 0 Å². The molecule has 1 rings (SSSR count). The highest BCUT2D eigenvalue weighted by atomic mass is 35.5. The quantitative estimate of drug-likeness (QED) is 0.680. The minimum Gasteiger partial charge on any atom is -0.384 e. The van der Waals surface area contributed by atoms with Crippen LogP contribution in [0.1, 0.15) is 12.8 Å². The summed E-state index contributed by atoms with van der Waals surface area (Å²) in [5.74, 6) is 0.0885. The van der Waals surface area contributed by atoms with Crippen LogP contribution in [0.25, 0.3) is 0 Å². The minimum atomic E-state index is 0. The molecule has 0 bridgehead atoms. The molecule has 1 atom stereocenters. The first kappa shape index (κ1) is 12.7. The Kier molecular flexibility index (Phi) is 6.94. The summed E-state index contributed by atoms with van der Waals surface area (Å²) in [5.41, 5.74) is 0. The molecule has 1 aliphatic heterocycles. The van der Waals surface area contributed by atoms with E-state index in [1.165, 1.54) is 0 Å². The molecule has 2 N–H and O–H groups in total. The Balaban J connectivity index is 0.00000144. The van der Waals surface area contributed by atoms with Crippen molar-refractivity contribution in [3.8, 4) is 0 Å². The van der Waals surface area contributed by atoms with Crippen LogP contribution in [0.15, 0.2) is 0 Å². The number of ether oxygens (including phenoxy) is 1. The van der Waals surface area contributed by atoms with E-state index in [2.05, 4.69) is 10.6 Å². The van der Waals surface area contributed by atoms with Crippen molar-refractivity contribution in [2.45, 2.75) is 18.9 Å². The molecule has 1 amide bonds. The molecule has 4 nitrogen and oxygen atoms in total. The Hall–Kier alpha value is -0.320. The predicted molar refractivity (Wildman–Crippen MR) is 53.2 cm³/mol. The molecule has 0 radical (unpaired) electrons. The average molecular weight is 209 g/mol. The molecule has 0 aromatic rings. The first-order valence-corrected chi connectivity index (χ1v) is 4.32. The highest BCUT2D eigenvalue weighted by molar-refractivity contribution is 5.85. The van der Waals surface area contributed by atoms with Crippen LogP contribution in [0.4, 0.5) is 0 Å². The lowest BCUT2D eigenvalue weighted by Crippen LogP contribution is -2.36. The third-order valence-corrected chi connectivity index (χ3v) is 1.96. The molecule has 0 saturated carbocycles. The van der Waals surface area contributed by atoms with Gasteiger partial charge in [0.25, 0.3) is 0 Å². The molecule has 0 aromatic heterocycles. The van der Waals surface area contributed by atoms with Gasteiger partial charge in [0.2, 0.25) is 5.91 Å². The smallest absolute Gasteiger partial charge is 0.222 e. The first-order valence-electron chi connectivity index (χ1n) is 4.32. The van der Waals surface area contributed by atoms with Gasteiger partial charge in [0.15, 0.2) is 0 Å². The minimum absolute atomic E-state index is 0. The van der Waals surface area contributed by atoms with Crippen molar-refractivity contribution >= 4 is 18.3 Å². The fourth-order valence-corrected chi connectivity index (χ4v) is 1.27.